The molecule has 0 aliphatic carbocycles. The Hall–Kier alpha value is -4.95. The molecule has 1 saturated heterocycles. The van der Waals surface area contributed by atoms with E-state index in [4.69, 9.17) is 4.74 Å². The van der Waals surface area contributed by atoms with Gasteiger partial charge in [-0.2, -0.15) is 0 Å². The van der Waals surface area contributed by atoms with Gasteiger partial charge in [0.05, 0.1) is 21.6 Å². The molecule has 1 aromatic heterocycles. The van der Waals surface area contributed by atoms with Crippen LogP contribution in [0.1, 0.15) is 16.4 Å². The predicted molar refractivity (Wildman–Crippen MR) is 154 cm³/mol. The van der Waals surface area contributed by atoms with Crippen LogP contribution in [0.4, 0.5) is 17.1 Å². The van der Waals surface area contributed by atoms with Gasteiger partial charge in [-0.15, -0.1) is 0 Å². The minimum atomic E-state index is -0.857. The van der Waals surface area contributed by atoms with Crippen LogP contribution in [0.3, 0.4) is 0 Å². The van der Waals surface area contributed by atoms with Crippen molar-refractivity contribution in [2.45, 2.75) is 16.2 Å². The van der Waals surface area contributed by atoms with Crippen LogP contribution in [0, 0.1) is 16.0 Å². The fourth-order valence-electron chi connectivity index (χ4n) is 5.04. The average Bonchev–Trinajstić information content (AvgIpc) is 3.47. The highest BCUT2D eigenvalue weighted by atomic mass is 32.2. The Bertz CT molecular complexity index is 1780. The Morgan fingerprint density at radius 1 is 1.05 bits per heavy atom. The second-order valence-electron chi connectivity index (χ2n) is 9.49. The van der Waals surface area contributed by atoms with Gasteiger partial charge in [0.15, 0.2) is 6.61 Å². The molecule has 42 heavy (non-hydrogen) atoms. The molecule has 12 nitrogen and oxygen atoms in total. The number of non-ortho nitro benzene ring substituents is 1. The average molecular weight is 605 g/mol. The zero-order valence-electron chi connectivity index (χ0n) is 21.4. The number of fused-ring (bicyclic) bond motifs is 2. The molecule has 6 rings (SSSR count). The van der Waals surface area contributed by atoms with Crippen molar-refractivity contribution in [1.29, 1.82) is 0 Å². The highest BCUT2D eigenvalue weighted by Gasteiger charge is 2.56. The molecule has 2 unspecified atom stereocenters. The van der Waals surface area contributed by atoms with Gasteiger partial charge >= 0.3 is 4.87 Å². The van der Waals surface area contributed by atoms with E-state index in [2.05, 4.69) is 10.3 Å². The maximum Gasteiger partial charge on any atom is 0.305 e. The van der Waals surface area contributed by atoms with Crippen LogP contribution in [0.15, 0.2) is 82.6 Å². The molecule has 0 radical (unpaired) electrons. The smallest absolute Gasteiger partial charge is 0.305 e. The van der Waals surface area contributed by atoms with Crippen LogP contribution >= 0.6 is 23.1 Å². The van der Waals surface area contributed by atoms with Crippen molar-refractivity contribution < 1.29 is 29.2 Å². The third-order valence-electron chi connectivity index (χ3n) is 6.88. The number of aromatic nitrogens is 1. The number of nitrogens with zero attached hydrogens (tertiary/aromatic N) is 2. The number of aromatic amines is 1. The molecule has 3 atom stereocenters. The molecule has 0 bridgehead atoms. The van der Waals surface area contributed by atoms with Crippen molar-refractivity contribution in [2.24, 2.45) is 5.92 Å². The number of phenols is 1. The number of rotatable bonds is 7. The first-order valence-electron chi connectivity index (χ1n) is 12.5. The highest BCUT2D eigenvalue weighted by molar-refractivity contribution is 8.00. The topological polar surface area (TPSA) is 172 Å². The van der Waals surface area contributed by atoms with E-state index in [1.807, 2.05) is 0 Å². The lowest BCUT2D eigenvalue weighted by Gasteiger charge is -2.30. The van der Waals surface area contributed by atoms with Crippen molar-refractivity contribution in [2.75, 3.05) is 16.8 Å². The largest absolute Gasteiger partial charge is 0.508 e. The van der Waals surface area contributed by atoms with Gasteiger partial charge in [-0.3, -0.25) is 29.3 Å². The summed E-state index contributed by atoms with van der Waals surface area (Å²) < 4.78 is 5.72. The summed E-state index contributed by atoms with van der Waals surface area (Å²) >= 11 is 2.08. The maximum atomic E-state index is 13.8. The number of thioether (sulfide) groups is 1. The monoisotopic (exact) mass is 604 g/mol. The summed E-state index contributed by atoms with van der Waals surface area (Å²) in [5.74, 6) is -2.50. The van der Waals surface area contributed by atoms with Crippen molar-refractivity contribution in [3.05, 3.63) is 103 Å². The minimum Gasteiger partial charge on any atom is -0.508 e. The Morgan fingerprint density at radius 3 is 2.50 bits per heavy atom. The van der Waals surface area contributed by atoms with Crippen LogP contribution in [0.5, 0.6) is 11.5 Å². The fraction of sp³-hybridized carbons (Fsp3) is 0.143. The number of nitro groups is 1. The van der Waals surface area contributed by atoms with Gasteiger partial charge in [-0.1, -0.05) is 35.2 Å². The molecule has 3 heterocycles. The fourth-order valence-corrected chi connectivity index (χ4v) is 7.56. The van der Waals surface area contributed by atoms with Gasteiger partial charge in [0.1, 0.15) is 16.7 Å². The van der Waals surface area contributed by atoms with E-state index in [0.717, 1.165) is 28.0 Å². The number of anilines is 2. The van der Waals surface area contributed by atoms with Crippen molar-refractivity contribution >= 4 is 57.9 Å². The SMILES string of the molecule is O=C(COc1cccc([C@H]2c3sc(=O)[nH]c3SC3C(=O)N(c4ccc([N+](=O)[O-])cc4)C(=O)C32)c1)Nc1ccc(O)cc1. The molecule has 2 aliphatic rings. The number of carbonyl (C=O) groups is 3. The lowest BCUT2D eigenvalue weighted by atomic mass is 9.83. The van der Waals surface area contributed by atoms with Crippen LogP contribution in [0.2, 0.25) is 0 Å². The summed E-state index contributed by atoms with van der Waals surface area (Å²) in [5.41, 5.74) is 1.15. The second kappa shape index (κ2) is 10.8. The van der Waals surface area contributed by atoms with Crippen molar-refractivity contribution in [3.63, 3.8) is 0 Å². The van der Waals surface area contributed by atoms with Gasteiger partial charge in [0.2, 0.25) is 11.8 Å². The van der Waals surface area contributed by atoms with Gasteiger partial charge in [-0.25, -0.2) is 4.90 Å². The number of hydrogen-bond acceptors (Lipinski definition) is 10. The van der Waals surface area contributed by atoms with E-state index in [9.17, 15) is 34.4 Å². The molecular formula is C28H20N4O8S2. The summed E-state index contributed by atoms with van der Waals surface area (Å²) in [6.45, 7) is -0.315. The summed E-state index contributed by atoms with van der Waals surface area (Å²) in [5, 5.41) is 22.8. The van der Waals surface area contributed by atoms with Crippen molar-refractivity contribution in [1.82, 2.24) is 4.98 Å². The highest BCUT2D eigenvalue weighted by Crippen LogP contribution is 2.53. The van der Waals surface area contributed by atoms with Crippen LogP contribution in [0.25, 0.3) is 0 Å². The van der Waals surface area contributed by atoms with E-state index in [1.165, 1.54) is 36.4 Å². The molecule has 3 N–H and O–H groups in total. The van der Waals surface area contributed by atoms with Gasteiger partial charge < -0.3 is 20.1 Å². The zero-order chi connectivity index (χ0) is 29.5. The summed E-state index contributed by atoms with van der Waals surface area (Å²) in [7, 11) is 0. The summed E-state index contributed by atoms with van der Waals surface area (Å²) in [6, 6.07) is 17.9. The van der Waals surface area contributed by atoms with E-state index >= 15 is 0 Å². The van der Waals surface area contributed by atoms with Gasteiger partial charge in [0, 0.05) is 28.6 Å². The lowest BCUT2D eigenvalue weighted by Crippen LogP contribution is -2.32. The molecular weight excluding hydrogens is 584 g/mol. The number of amides is 3. The molecule has 0 saturated carbocycles. The number of ether oxygens (including phenoxy) is 1. The number of phenolic OH excluding ortho intramolecular Hbond substituents is 1. The molecule has 2 aliphatic heterocycles. The molecule has 4 aromatic rings. The number of nitro benzene ring substituents is 1. The lowest BCUT2D eigenvalue weighted by molar-refractivity contribution is -0.384. The first-order valence-corrected chi connectivity index (χ1v) is 14.2. The number of thiazole rings is 1. The quantitative estimate of drug-likeness (QED) is 0.123. The maximum absolute atomic E-state index is 13.8. The molecule has 0 spiro atoms. The Kier molecular flexibility index (Phi) is 7.00. The Labute approximate surface area is 245 Å². The van der Waals surface area contributed by atoms with E-state index in [-0.39, 0.29) is 28.6 Å². The number of carbonyl (C=O) groups excluding carboxylic acids is 3. The van der Waals surface area contributed by atoms with Crippen molar-refractivity contribution in [3.8, 4) is 11.5 Å². The number of hydrogen-bond donors (Lipinski definition) is 3. The summed E-state index contributed by atoms with van der Waals surface area (Å²) in [6.07, 6.45) is 0. The van der Waals surface area contributed by atoms with Gasteiger partial charge in [0.25, 0.3) is 11.6 Å². The molecule has 14 heteroatoms. The zero-order valence-corrected chi connectivity index (χ0v) is 23.0. The Balaban J connectivity index is 1.28. The molecule has 212 valence electrons. The molecule has 3 aromatic carbocycles. The number of benzene rings is 3. The normalized spacial score (nSPS) is 19.2. The van der Waals surface area contributed by atoms with Crippen LogP contribution in [-0.2, 0) is 14.4 Å². The number of aromatic hydroxyl groups is 1. The summed E-state index contributed by atoms with van der Waals surface area (Å²) in [4.78, 5) is 66.8. The third-order valence-corrected chi connectivity index (χ3v) is 9.28. The first kappa shape index (κ1) is 27.2. The van der Waals surface area contributed by atoms with Gasteiger partial charge in [-0.05, 0) is 54.1 Å². The van der Waals surface area contributed by atoms with E-state index < -0.39 is 39.7 Å². The minimum absolute atomic E-state index is 0.0679. The number of imide groups is 1. The first-order chi connectivity index (χ1) is 20.2. The predicted octanol–water partition coefficient (Wildman–Crippen LogP) is 3.86. The molecule has 3 amide bonds. The van der Waals surface area contributed by atoms with Crippen LogP contribution < -0.4 is 19.8 Å². The van der Waals surface area contributed by atoms with Crippen LogP contribution in [-0.4, -0.2) is 44.6 Å². The third kappa shape index (κ3) is 5.01. The van der Waals surface area contributed by atoms with E-state index in [0.29, 0.717) is 26.9 Å². The number of H-pyrrole nitrogens is 1. The standard InChI is InChI=1S/C28H20N4O8S2/c33-18-10-4-15(5-11-18)29-20(34)13-40-19-3-1-2-14(12-19)21-22-24(41-25-23(21)42-28(37)30-25)27(36)31(26(22)35)16-6-8-17(9-7-16)32(38)39/h1-12,21-22,24,33H,13H2,(H,29,34)(H,30,37)/t21-,22?,24?/m1/s1. The second-order valence-corrected chi connectivity index (χ2v) is 11.7. The molecule has 1 fully saturated rings. The Morgan fingerprint density at radius 2 is 1.79 bits per heavy atom. The number of nitrogens with one attached hydrogen (secondary N) is 2. The van der Waals surface area contributed by atoms with E-state index in [1.54, 1.807) is 36.4 Å².